The summed E-state index contributed by atoms with van der Waals surface area (Å²) in [4.78, 5) is 0. The van der Waals surface area contributed by atoms with Crippen LogP contribution in [0.15, 0.2) is 279 Å². The van der Waals surface area contributed by atoms with Gasteiger partial charge >= 0.3 is 0 Å². The minimum absolute atomic E-state index is 0.664. The molecule has 10 aromatic carbocycles. The van der Waals surface area contributed by atoms with Crippen LogP contribution >= 0.6 is 30.9 Å². The predicted molar refractivity (Wildman–Crippen MR) is 291 cm³/mol. The second-order valence-electron chi connectivity index (χ2n) is 16.2. The van der Waals surface area contributed by atoms with Gasteiger partial charge in [-0.1, -0.05) is 261 Å². The molecule has 10 rings (SSSR count). The molecule has 10 aromatic rings. The Morgan fingerprint density at radius 2 is 0.485 bits per heavy atom. The van der Waals surface area contributed by atoms with Crippen molar-refractivity contribution in [2.24, 2.45) is 0 Å². The van der Waals surface area contributed by atoms with Gasteiger partial charge in [-0.15, -0.1) is 0 Å². The van der Waals surface area contributed by atoms with Crippen molar-refractivity contribution in [3.8, 4) is 0 Å². The van der Waals surface area contributed by atoms with Crippen LogP contribution in [0, 0.1) is 0 Å². The molecule has 318 valence electrons. The van der Waals surface area contributed by atoms with E-state index in [1.807, 2.05) is 60.7 Å². The Hall–Kier alpha value is -6.28. The summed E-state index contributed by atoms with van der Waals surface area (Å²) in [6, 6.07) is 100. The number of benzene rings is 10. The molecule has 0 fully saturated rings. The van der Waals surface area contributed by atoms with Gasteiger partial charge in [0.05, 0.1) is 0 Å². The topological polar surface area (TPSA) is 17.1 Å². The van der Waals surface area contributed by atoms with Crippen LogP contribution in [-0.4, -0.2) is 0 Å². The molecule has 0 N–H and O–H groups in total. The summed E-state index contributed by atoms with van der Waals surface area (Å²) >= 11 is 0. The summed E-state index contributed by atoms with van der Waals surface area (Å²) in [7, 11) is -6.18. The lowest BCUT2D eigenvalue weighted by Crippen LogP contribution is -2.29. The highest BCUT2D eigenvalue weighted by Crippen LogP contribution is 2.44. The lowest BCUT2D eigenvalue weighted by molar-refractivity contribution is 0.592. The normalized spacial score (nSPS) is 11.6. The molecular formula is C61H48OP4. The van der Waals surface area contributed by atoms with Gasteiger partial charge in [0.1, 0.15) is 0 Å². The van der Waals surface area contributed by atoms with Crippen molar-refractivity contribution >= 4 is 94.6 Å². The van der Waals surface area contributed by atoms with Gasteiger partial charge in [-0.25, -0.2) is 0 Å². The van der Waals surface area contributed by atoms with Gasteiger partial charge in [0, 0.05) is 15.9 Å². The lowest BCUT2D eigenvalue weighted by atomic mass is 10.1. The third kappa shape index (κ3) is 9.51. The first-order chi connectivity index (χ1) is 32.6. The highest BCUT2D eigenvalue weighted by atomic mass is 31.2. The zero-order valence-electron chi connectivity index (χ0n) is 36.5. The fourth-order valence-electron chi connectivity index (χ4n) is 8.85. The van der Waals surface area contributed by atoms with Crippen molar-refractivity contribution in [3.05, 3.63) is 290 Å². The maximum absolute atomic E-state index is 16.4. The molecule has 5 heteroatoms. The van der Waals surface area contributed by atoms with E-state index < -0.39 is 30.9 Å². The summed E-state index contributed by atoms with van der Waals surface area (Å²) in [6.45, 7) is 0. The van der Waals surface area contributed by atoms with Gasteiger partial charge in [-0.2, -0.15) is 0 Å². The van der Waals surface area contributed by atoms with Gasteiger partial charge in [0.2, 0.25) is 0 Å². The van der Waals surface area contributed by atoms with Crippen LogP contribution in [0.1, 0.15) is 11.1 Å². The smallest absolute Gasteiger partial charge is 0.171 e. The quantitative estimate of drug-likeness (QED) is 0.0994. The zero-order chi connectivity index (χ0) is 44.5. The predicted octanol–water partition coefficient (Wildman–Crippen LogP) is 10.2. The monoisotopic (exact) mass is 920 g/mol. The maximum atomic E-state index is 16.4. The van der Waals surface area contributed by atoms with Crippen LogP contribution in [0.2, 0.25) is 0 Å². The molecule has 0 aliphatic heterocycles. The number of hydrogen-bond donors (Lipinski definition) is 0. The van der Waals surface area contributed by atoms with Crippen molar-refractivity contribution in [1.29, 1.82) is 0 Å². The molecule has 0 saturated carbocycles. The summed E-state index contributed by atoms with van der Waals surface area (Å²) in [5.74, 6) is 0. The van der Waals surface area contributed by atoms with E-state index in [4.69, 9.17) is 0 Å². The average Bonchev–Trinajstić information content (AvgIpc) is 3.39. The fraction of sp³-hybridized carbons (Fsp3) is 0.0164. The van der Waals surface area contributed by atoms with Crippen LogP contribution in [0.5, 0.6) is 0 Å². The molecule has 0 atom stereocenters. The van der Waals surface area contributed by atoms with Gasteiger partial charge in [-0.3, -0.25) is 0 Å². The minimum Gasteiger partial charge on any atom is -0.309 e. The van der Waals surface area contributed by atoms with E-state index >= 15 is 4.57 Å². The minimum atomic E-state index is -3.35. The Kier molecular flexibility index (Phi) is 13.5. The summed E-state index contributed by atoms with van der Waals surface area (Å²) in [5, 5.41) is 14.1. The first-order valence-corrected chi connectivity index (χ1v) is 28.1. The van der Waals surface area contributed by atoms with Crippen molar-refractivity contribution in [2.75, 3.05) is 0 Å². The fourth-order valence-corrected chi connectivity index (χ4v) is 19.0. The molecule has 0 spiro atoms. The van der Waals surface area contributed by atoms with Crippen LogP contribution in [0.3, 0.4) is 0 Å². The van der Waals surface area contributed by atoms with Gasteiger partial charge in [0.25, 0.3) is 0 Å². The molecule has 0 bridgehead atoms. The molecule has 66 heavy (non-hydrogen) atoms. The summed E-state index contributed by atoms with van der Waals surface area (Å²) < 4.78 is 16.4. The standard InChI is InChI=1S/C61H48OP4/c62-66(59-37-21-7-22-38-59,60-39-23-8-24-40-60)61-45-49(44-58(47-61)65(54-33-17-5-18-34-54)55-35-19-6-20-36-55)41-48-42-56(63(50-25-9-1-10-26-50)51-27-11-2-12-28-51)46-57(43-48)64(52-29-13-3-14-30-52)53-31-15-4-16-32-53/h1-40,42-47H,41H2. The molecule has 0 aromatic heterocycles. The van der Waals surface area contributed by atoms with E-state index in [2.05, 4.69) is 218 Å². The first-order valence-electron chi connectivity index (χ1n) is 22.3. The van der Waals surface area contributed by atoms with E-state index in [1.165, 1.54) is 53.3 Å². The average molecular weight is 921 g/mol. The van der Waals surface area contributed by atoms with E-state index in [0.29, 0.717) is 6.42 Å². The van der Waals surface area contributed by atoms with E-state index in [1.54, 1.807) is 0 Å². The number of hydrogen-bond acceptors (Lipinski definition) is 1. The highest BCUT2D eigenvalue weighted by Gasteiger charge is 2.32. The summed E-state index contributed by atoms with van der Waals surface area (Å²) in [5.41, 5.74) is 2.38. The molecule has 0 radical (unpaired) electrons. The number of rotatable bonds is 14. The Balaban J connectivity index is 1.22. The molecule has 0 unspecified atom stereocenters. The molecule has 0 heterocycles. The Labute approximate surface area is 393 Å². The summed E-state index contributed by atoms with van der Waals surface area (Å²) in [6.07, 6.45) is 0.664. The molecule has 1 nitrogen and oxygen atoms in total. The third-order valence-corrected chi connectivity index (χ3v) is 22.0. The second kappa shape index (κ2) is 20.5. The van der Waals surface area contributed by atoms with Crippen molar-refractivity contribution < 1.29 is 4.57 Å². The Morgan fingerprint density at radius 3 is 0.773 bits per heavy atom. The Bertz CT molecular complexity index is 2910. The molecule has 0 aliphatic carbocycles. The molecular weight excluding hydrogens is 873 g/mol. The van der Waals surface area contributed by atoms with Crippen molar-refractivity contribution in [2.45, 2.75) is 6.42 Å². The Morgan fingerprint density at radius 1 is 0.242 bits per heavy atom. The van der Waals surface area contributed by atoms with Crippen LogP contribution < -0.4 is 63.7 Å². The van der Waals surface area contributed by atoms with E-state index in [9.17, 15) is 0 Å². The zero-order valence-corrected chi connectivity index (χ0v) is 40.0. The van der Waals surface area contributed by atoms with Gasteiger partial charge in [-0.05, 0) is 107 Å². The molecule has 0 amide bonds. The largest absolute Gasteiger partial charge is 0.309 e. The van der Waals surface area contributed by atoms with Crippen LogP contribution in [0.4, 0.5) is 0 Å². The van der Waals surface area contributed by atoms with Crippen molar-refractivity contribution in [3.63, 3.8) is 0 Å². The third-order valence-electron chi connectivity index (χ3n) is 11.8. The van der Waals surface area contributed by atoms with Crippen molar-refractivity contribution in [1.82, 2.24) is 0 Å². The first kappa shape index (κ1) is 43.6. The van der Waals surface area contributed by atoms with Crippen LogP contribution in [-0.2, 0) is 11.0 Å². The maximum Gasteiger partial charge on any atom is 0.171 e. The van der Waals surface area contributed by atoms with E-state index in [-0.39, 0.29) is 0 Å². The van der Waals surface area contributed by atoms with Gasteiger partial charge < -0.3 is 4.57 Å². The molecule has 0 saturated heterocycles. The highest BCUT2D eigenvalue weighted by molar-refractivity contribution is 7.85. The molecule has 0 aliphatic rings. The van der Waals surface area contributed by atoms with Crippen LogP contribution in [0.25, 0.3) is 0 Å². The second-order valence-corrected chi connectivity index (χ2v) is 25.6. The SMILES string of the molecule is O=P(c1ccccc1)(c1ccccc1)c1cc(Cc2cc(P(c3ccccc3)c3ccccc3)cc(P(c3ccccc3)c3ccccc3)c2)cc(P(c2ccccc2)c2ccccc2)c1. The van der Waals surface area contributed by atoms with E-state index in [0.717, 1.165) is 21.5 Å². The lowest BCUT2D eigenvalue weighted by Gasteiger charge is -2.26. The van der Waals surface area contributed by atoms with Gasteiger partial charge in [0.15, 0.2) is 7.14 Å².